The number of ether oxygens (including phenoxy) is 1. The maximum Gasteiger partial charge on any atom is 0.435 e. The quantitative estimate of drug-likeness (QED) is 0.190. The van der Waals surface area contributed by atoms with Crippen LogP contribution in [0.3, 0.4) is 0 Å². The smallest absolute Gasteiger partial charge is 0.435 e. The fourth-order valence-electron chi connectivity index (χ4n) is 4.32. The van der Waals surface area contributed by atoms with Crippen molar-refractivity contribution < 1.29 is 27.2 Å². The Morgan fingerprint density at radius 2 is 1.77 bits per heavy atom. The number of hydrogen-bond donors (Lipinski definition) is 1. The second-order valence-corrected chi connectivity index (χ2v) is 10.4. The molecule has 15 heteroatoms. The van der Waals surface area contributed by atoms with Crippen molar-refractivity contribution in [3.05, 3.63) is 87.2 Å². The van der Waals surface area contributed by atoms with Crippen LogP contribution in [0.1, 0.15) is 47.1 Å². The molecule has 3 aromatic heterocycles. The third-order valence-corrected chi connectivity index (χ3v) is 7.06. The topological polar surface area (TPSA) is 123 Å². The monoisotopic (exact) mass is 631 g/mol. The predicted molar refractivity (Wildman–Crippen MR) is 152 cm³/mol. The summed E-state index contributed by atoms with van der Waals surface area (Å²) in [5.74, 6) is -0.390. The Bertz CT molecular complexity index is 1740. The highest BCUT2D eigenvalue weighted by Crippen LogP contribution is 2.40. The first kappa shape index (κ1) is 30.0. The second kappa shape index (κ2) is 12.0. The van der Waals surface area contributed by atoms with Crippen LogP contribution in [0.15, 0.2) is 59.1 Å². The van der Waals surface area contributed by atoms with Crippen molar-refractivity contribution in [2.24, 2.45) is 0 Å². The standard InChI is InChI=1S/C28H22Cl2F3N7O3/c1-14(2)24-17(23(37-43-24)22-18(29)5-4-6-19(22)30)13-42-21-12-11-20(25(34-21)28(31,32)33)40(3)27(41)16-9-7-15(8-10-16)26-35-38-39-36-26/h4-12,14H,13H2,1-3H3,(H,35,36,38,39). The first-order valence-corrected chi connectivity index (χ1v) is 13.5. The molecule has 0 aliphatic rings. The summed E-state index contributed by atoms with van der Waals surface area (Å²) in [6.45, 7) is 3.49. The van der Waals surface area contributed by atoms with E-state index >= 15 is 0 Å². The third-order valence-electron chi connectivity index (χ3n) is 6.43. The number of alkyl halides is 3. The summed E-state index contributed by atoms with van der Waals surface area (Å²) >= 11 is 12.8. The van der Waals surface area contributed by atoms with E-state index in [2.05, 4.69) is 30.8 Å². The van der Waals surface area contributed by atoms with Gasteiger partial charge in [0.15, 0.2) is 5.69 Å². The van der Waals surface area contributed by atoms with Crippen molar-refractivity contribution in [2.45, 2.75) is 32.5 Å². The number of pyridine rings is 1. The van der Waals surface area contributed by atoms with Crippen LogP contribution in [0, 0.1) is 0 Å². The van der Waals surface area contributed by atoms with Crippen LogP contribution in [0.5, 0.6) is 5.88 Å². The van der Waals surface area contributed by atoms with E-state index in [-0.39, 0.29) is 24.0 Å². The zero-order chi connectivity index (χ0) is 30.9. The highest BCUT2D eigenvalue weighted by Gasteiger charge is 2.38. The average Bonchev–Trinajstić information content (AvgIpc) is 3.66. The van der Waals surface area contributed by atoms with Crippen LogP contribution in [0.25, 0.3) is 22.6 Å². The summed E-state index contributed by atoms with van der Waals surface area (Å²) in [7, 11) is 1.23. The van der Waals surface area contributed by atoms with Gasteiger partial charge in [-0.15, -0.1) is 10.2 Å². The molecule has 2 aromatic carbocycles. The molecule has 222 valence electrons. The number of nitrogens with zero attached hydrogens (tertiary/aromatic N) is 6. The molecule has 0 saturated carbocycles. The second-order valence-electron chi connectivity index (χ2n) is 9.61. The largest absolute Gasteiger partial charge is 0.473 e. The summed E-state index contributed by atoms with van der Waals surface area (Å²) < 4.78 is 53.8. The summed E-state index contributed by atoms with van der Waals surface area (Å²) in [6.07, 6.45) is -4.90. The zero-order valence-corrected chi connectivity index (χ0v) is 24.3. The number of hydrogen-bond acceptors (Lipinski definition) is 8. The fraction of sp³-hybridized carbons (Fsp3) is 0.214. The van der Waals surface area contributed by atoms with Gasteiger partial charge in [-0.25, -0.2) is 4.98 Å². The first-order valence-electron chi connectivity index (χ1n) is 12.7. The highest BCUT2D eigenvalue weighted by molar-refractivity contribution is 6.39. The van der Waals surface area contributed by atoms with Gasteiger partial charge in [0.05, 0.1) is 21.3 Å². The summed E-state index contributed by atoms with van der Waals surface area (Å²) in [5.41, 5.74) is 0.133. The van der Waals surface area contributed by atoms with Gasteiger partial charge < -0.3 is 14.2 Å². The molecular formula is C28H22Cl2F3N7O3. The molecule has 0 aliphatic heterocycles. The van der Waals surface area contributed by atoms with Gasteiger partial charge in [0.1, 0.15) is 18.1 Å². The van der Waals surface area contributed by atoms with Crippen LogP contribution in [-0.2, 0) is 12.8 Å². The minimum absolute atomic E-state index is 0.136. The molecule has 5 aromatic rings. The number of benzene rings is 2. The van der Waals surface area contributed by atoms with Crippen LogP contribution in [-0.4, -0.2) is 43.7 Å². The lowest BCUT2D eigenvalue weighted by Gasteiger charge is -2.22. The molecule has 0 unspecified atom stereocenters. The van der Waals surface area contributed by atoms with E-state index in [1.54, 1.807) is 30.3 Å². The lowest BCUT2D eigenvalue weighted by atomic mass is 10.0. The van der Waals surface area contributed by atoms with Crippen molar-refractivity contribution in [2.75, 3.05) is 11.9 Å². The predicted octanol–water partition coefficient (Wildman–Crippen LogP) is 7.22. The lowest BCUT2D eigenvalue weighted by molar-refractivity contribution is -0.140. The molecule has 0 fully saturated rings. The number of aromatic amines is 1. The number of carbonyl (C=O) groups is 1. The number of rotatable bonds is 8. The minimum atomic E-state index is -4.90. The molecular weight excluding hydrogens is 610 g/mol. The fourth-order valence-corrected chi connectivity index (χ4v) is 4.90. The van der Waals surface area contributed by atoms with Gasteiger partial charge in [0.2, 0.25) is 11.7 Å². The molecule has 5 rings (SSSR count). The molecule has 0 saturated heterocycles. The van der Waals surface area contributed by atoms with E-state index in [4.69, 9.17) is 32.5 Å². The molecule has 0 bridgehead atoms. The van der Waals surface area contributed by atoms with Crippen LogP contribution >= 0.6 is 23.2 Å². The highest BCUT2D eigenvalue weighted by atomic mass is 35.5. The number of aromatic nitrogens is 6. The van der Waals surface area contributed by atoms with E-state index in [0.717, 1.165) is 11.0 Å². The number of anilines is 1. The maximum atomic E-state index is 14.2. The Hall–Kier alpha value is -4.49. The normalized spacial score (nSPS) is 11.7. The Balaban J connectivity index is 1.42. The van der Waals surface area contributed by atoms with Gasteiger partial charge in [0.25, 0.3) is 5.91 Å². The Morgan fingerprint density at radius 1 is 1.07 bits per heavy atom. The van der Waals surface area contributed by atoms with Crippen molar-refractivity contribution in [1.29, 1.82) is 0 Å². The summed E-state index contributed by atoms with van der Waals surface area (Å²) in [5, 5.41) is 18.3. The third kappa shape index (κ3) is 6.18. The Kier molecular flexibility index (Phi) is 8.38. The van der Waals surface area contributed by atoms with Crippen LogP contribution in [0.2, 0.25) is 10.0 Å². The van der Waals surface area contributed by atoms with Gasteiger partial charge in [-0.2, -0.15) is 18.4 Å². The number of nitrogens with one attached hydrogen (secondary N) is 1. The van der Waals surface area contributed by atoms with Crippen LogP contribution in [0.4, 0.5) is 18.9 Å². The molecule has 0 aliphatic carbocycles. The molecule has 0 radical (unpaired) electrons. The summed E-state index contributed by atoms with van der Waals surface area (Å²) in [6, 6.07) is 13.3. The molecule has 0 spiro atoms. The Labute approximate surface area is 252 Å². The number of carbonyl (C=O) groups excluding carboxylic acids is 1. The van der Waals surface area contributed by atoms with Gasteiger partial charge in [0, 0.05) is 35.7 Å². The number of H-pyrrole nitrogens is 1. The van der Waals surface area contributed by atoms with Gasteiger partial charge in [-0.05, 0) is 35.5 Å². The zero-order valence-electron chi connectivity index (χ0n) is 22.8. The van der Waals surface area contributed by atoms with Gasteiger partial charge in [-0.3, -0.25) is 4.79 Å². The van der Waals surface area contributed by atoms with Crippen molar-refractivity contribution in [1.82, 2.24) is 30.8 Å². The molecule has 1 N–H and O–H groups in total. The van der Waals surface area contributed by atoms with Crippen molar-refractivity contribution in [3.8, 4) is 28.5 Å². The van der Waals surface area contributed by atoms with E-state index in [1.807, 2.05) is 13.8 Å². The average molecular weight is 632 g/mol. The first-order chi connectivity index (χ1) is 20.5. The number of amides is 1. The van der Waals surface area contributed by atoms with Gasteiger partial charge >= 0.3 is 6.18 Å². The van der Waals surface area contributed by atoms with Gasteiger partial charge in [-0.1, -0.05) is 60.4 Å². The Morgan fingerprint density at radius 3 is 2.37 bits per heavy atom. The summed E-state index contributed by atoms with van der Waals surface area (Å²) in [4.78, 5) is 17.7. The molecule has 43 heavy (non-hydrogen) atoms. The maximum absolute atomic E-state index is 14.2. The van der Waals surface area contributed by atoms with Crippen LogP contribution < -0.4 is 9.64 Å². The van der Waals surface area contributed by atoms with E-state index < -0.39 is 23.5 Å². The molecule has 0 atom stereocenters. The van der Waals surface area contributed by atoms with Crippen molar-refractivity contribution >= 4 is 34.8 Å². The number of halogens is 5. The SMILES string of the molecule is CC(C)c1onc(-c2c(Cl)cccc2Cl)c1COc1ccc(N(C)C(=O)c2ccc(-c3nn[nH]n3)cc2)c(C(F)(F)F)n1. The molecule has 1 amide bonds. The molecule has 3 heterocycles. The van der Waals surface area contributed by atoms with E-state index in [1.165, 1.54) is 25.2 Å². The molecule has 10 nitrogen and oxygen atoms in total. The number of tetrazole rings is 1. The minimum Gasteiger partial charge on any atom is -0.473 e. The van der Waals surface area contributed by atoms with Crippen molar-refractivity contribution in [3.63, 3.8) is 0 Å². The van der Waals surface area contributed by atoms with E-state index in [0.29, 0.717) is 44.0 Å². The van der Waals surface area contributed by atoms with E-state index in [9.17, 15) is 18.0 Å². The lowest BCUT2D eigenvalue weighted by Crippen LogP contribution is -2.29.